The minimum absolute atomic E-state index is 0.0650. The standard InChI is InChI=1S/C17H19ClN2O3S/c1-12(2)14-6-4-13(5-7-14)11-19-20-24(21,22)17-10-15(18)8-9-16(17)23-3/h4-12,20H,1-3H3/b19-11+. The number of rotatable bonds is 6. The second kappa shape index (κ2) is 7.68. The highest BCUT2D eigenvalue weighted by atomic mass is 35.5. The fraction of sp³-hybridized carbons (Fsp3) is 0.235. The minimum Gasteiger partial charge on any atom is -0.495 e. The summed E-state index contributed by atoms with van der Waals surface area (Å²) in [4.78, 5) is 2.10. The maximum absolute atomic E-state index is 12.3. The number of hydrogen-bond donors (Lipinski definition) is 1. The van der Waals surface area contributed by atoms with Crippen LogP contribution in [0.4, 0.5) is 0 Å². The van der Waals surface area contributed by atoms with Crippen molar-refractivity contribution in [3.63, 3.8) is 0 Å². The number of ether oxygens (including phenoxy) is 1. The van der Waals surface area contributed by atoms with Crippen LogP contribution in [0.2, 0.25) is 5.02 Å². The van der Waals surface area contributed by atoms with Gasteiger partial charge in [-0.3, -0.25) is 0 Å². The zero-order chi connectivity index (χ0) is 17.7. The summed E-state index contributed by atoms with van der Waals surface area (Å²) in [6, 6.07) is 12.1. The van der Waals surface area contributed by atoms with Gasteiger partial charge in [-0.15, -0.1) is 0 Å². The fourth-order valence-corrected chi connectivity index (χ4v) is 3.27. The van der Waals surface area contributed by atoms with E-state index >= 15 is 0 Å². The largest absolute Gasteiger partial charge is 0.495 e. The van der Waals surface area contributed by atoms with Crippen molar-refractivity contribution < 1.29 is 13.2 Å². The SMILES string of the molecule is COc1ccc(Cl)cc1S(=O)(=O)N/N=C/c1ccc(C(C)C)cc1. The molecule has 5 nitrogen and oxygen atoms in total. The van der Waals surface area contributed by atoms with Crippen LogP contribution >= 0.6 is 11.6 Å². The van der Waals surface area contributed by atoms with E-state index in [1.54, 1.807) is 6.07 Å². The molecule has 0 atom stereocenters. The summed E-state index contributed by atoms with van der Waals surface area (Å²) < 4.78 is 29.7. The molecule has 0 aromatic heterocycles. The Kier molecular flexibility index (Phi) is 5.85. The lowest BCUT2D eigenvalue weighted by Crippen LogP contribution is -2.19. The molecule has 0 radical (unpaired) electrons. The van der Waals surface area contributed by atoms with Crippen LogP contribution in [0.3, 0.4) is 0 Å². The maximum Gasteiger partial charge on any atom is 0.280 e. The maximum atomic E-state index is 12.3. The van der Waals surface area contributed by atoms with Gasteiger partial charge >= 0.3 is 0 Å². The molecular formula is C17H19ClN2O3S. The van der Waals surface area contributed by atoms with E-state index in [2.05, 4.69) is 23.8 Å². The van der Waals surface area contributed by atoms with Gasteiger partial charge in [-0.05, 0) is 35.2 Å². The summed E-state index contributed by atoms with van der Waals surface area (Å²) in [5.74, 6) is 0.633. The van der Waals surface area contributed by atoms with Crippen LogP contribution in [-0.4, -0.2) is 21.7 Å². The van der Waals surface area contributed by atoms with E-state index in [-0.39, 0.29) is 10.6 Å². The lowest BCUT2D eigenvalue weighted by atomic mass is 10.0. The predicted octanol–water partition coefficient (Wildman–Crippen LogP) is 3.78. The number of sulfonamides is 1. The van der Waals surface area contributed by atoms with Crippen molar-refractivity contribution in [2.24, 2.45) is 5.10 Å². The second-order valence-electron chi connectivity index (χ2n) is 5.47. The Morgan fingerprint density at radius 3 is 2.42 bits per heavy atom. The Bertz CT molecular complexity index is 831. The lowest BCUT2D eigenvalue weighted by molar-refractivity contribution is 0.402. The Hall–Kier alpha value is -2.05. The molecule has 0 fully saturated rings. The third-order valence-corrected chi connectivity index (χ3v) is 4.88. The van der Waals surface area contributed by atoms with Gasteiger partial charge < -0.3 is 4.74 Å². The molecule has 128 valence electrons. The van der Waals surface area contributed by atoms with E-state index < -0.39 is 10.0 Å². The number of nitrogens with zero attached hydrogens (tertiary/aromatic N) is 1. The molecule has 24 heavy (non-hydrogen) atoms. The van der Waals surface area contributed by atoms with Gasteiger partial charge in [0.1, 0.15) is 10.6 Å². The van der Waals surface area contributed by atoms with Crippen LogP contribution in [-0.2, 0) is 10.0 Å². The van der Waals surface area contributed by atoms with Crippen LogP contribution in [0.1, 0.15) is 30.9 Å². The van der Waals surface area contributed by atoms with E-state index in [4.69, 9.17) is 16.3 Å². The minimum atomic E-state index is -3.87. The highest BCUT2D eigenvalue weighted by Gasteiger charge is 2.19. The summed E-state index contributed by atoms with van der Waals surface area (Å²) >= 11 is 5.86. The average molecular weight is 367 g/mol. The van der Waals surface area contributed by atoms with Crippen LogP contribution in [0.5, 0.6) is 5.75 Å². The number of methoxy groups -OCH3 is 1. The fourth-order valence-electron chi connectivity index (χ4n) is 2.05. The summed E-state index contributed by atoms with van der Waals surface area (Å²) in [5.41, 5.74) is 2.00. The number of hydrazone groups is 1. The van der Waals surface area contributed by atoms with Gasteiger partial charge in [0.05, 0.1) is 13.3 Å². The molecule has 0 aliphatic heterocycles. The molecule has 0 bridgehead atoms. The molecule has 2 aromatic rings. The topological polar surface area (TPSA) is 67.8 Å². The number of hydrogen-bond acceptors (Lipinski definition) is 4. The third-order valence-electron chi connectivity index (χ3n) is 3.40. The monoisotopic (exact) mass is 366 g/mol. The molecular weight excluding hydrogens is 348 g/mol. The Labute approximate surface area is 147 Å². The summed E-state index contributed by atoms with van der Waals surface area (Å²) in [6.45, 7) is 4.21. The van der Waals surface area contributed by atoms with Crippen molar-refractivity contribution in [1.29, 1.82) is 0 Å². The molecule has 1 N–H and O–H groups in total. The molecule has 0 unspecified atom stereocenters. The first kappa shape index (κ1) is 18.3. The zero-order valence-electron chi connectivity index (χ0n) is 13.7. The van der Waals surface area contributed by atoms with E-state index in [1.165, 1.54) is 31.0 Å². The highest BCUT2D eigenvalue weighted by Crippen LogP contribution is 2.26. The zero-order valence-corrected chi connectivity index (χ0v) is 15.2. The molecule has 2 aromatic carbocycles. The molecule has 2 rings (SSSR count). The van der Waals surface area contributed by atoms with Gasteiger partial charge in [0.2, 0.25) is 0 Å². The van der Waals surface area contributed by atoms with E-state index in [9.17, 15) is 8.42 Å². The van der Waals surface area contributed by atoms with Crippen LogP contribution in [0.25, 0.3) is 0 Å². The molecule has 7 heteroatoms. The van der Waals surface area contributed by atoms with Gasteiger partial charge in [0.25, 0.3) is 10.0 Å². The molecule has 0 saturated carbocycles. The molecule has 0 aliphatic rings. The van der Waals surface area contributed by atoms with Crippen LogP contribution in [0, 0.1) is 0 Å². The molecule has 0 saturated heterocycles. The smallest absolute Gasteiger partial charge is 0.280 e. The van der Waals surface area contributed by atoms with Gasteiger partial charge in [0, 0.05) is 5.02 Å². The molecule has 0 spiro atoms. The van der Waals surface area contributed by atoms with Gasteiger partial charge in [-0.1, -0.05) is 49.7 Å². The van der Waals surface area contributed by atoms with Crippen molar-refractivity contribution in [3.8, 4) is 5.75 Å². The quantitative estimate of drug-likeness (QED) is 0.624. The lowest BCUT2D eigenvalue weighted by Gasteiger charge is -2.09. The first-order valence-corrected chi connectivity index (χ1v) is 9.18. The highest BCUT2D eigenvalue weighted by molar-refractivity contribution is 7.89. The van der Waals surface area contributed by atoms with Crippen molar-refractivity contribution in [1.82, 2.24) is 4.83 Å². The van der Waals surface area contributed by atoms with Crippen molar-refractivity contribution in [2.45, 2.75) is 24.7 Å². The number of halogens is 1. The summed E-state index contributed by atoms with van der Waals surface area (Å²) in [5, 5.41) is 4.10. The average Bonchev–Trinajstić information content (AvgIpc) is 2.55. The van der Waals surface area contributed by atoms with Gasteiger partial charge in [0.15, 0.2) is 0 Å². The predicted molar refractivity (Wildman–Crippen MR) is 96.5 cm³/mol. The summed E-state index contributed by atoms with van der Waals surface area (Å²) in [7, 11) is -2.48. The first-order valence-electron chi connectivity index (χ1n) is 7.32. The number of benzene rings is 2. The van der Waals surface area contributed by atoms with Crippen molar-refractivity contribution >= 4 is 27.8 Å². The summed E-state index contributed by atoms with van der Waals surface area (Å²) in [6.07, 6.45) is 1.44. The molecule has 0 heterocycles. The Balaban J connectivity index is 2.16. The normalized spacial score (nSPS) is 11.9. The Morgan fingerprint density at radius 2 is 1.83 bits per heavy atom. The van der Waals surface area contributed by atoms with Gasteiger partial charge in [-0.2, -0.15) is 18.4 Å². The van der Waals surface area contributed by atoms with E-state index in [0.717, 1.165) is 5.56 Å². The van der Waals surface area contributed by atoms with Crippen molar-refractivity contribution in [3.05, 3.63) is 58.6 Å². The van der Waals surface area contributed by atoms with Crippen LogP contribution < -0.4 is 9.57 Å². The van der Waals surface area contributed by atoms with Crippen molar-refractivity contribution in [2.75, 3.05) is 7.11 Å². The Morgan fingerprint density at radius 1 is 1.17 bits per heavy atom. The molecule has 0 aliphatic carbocycles. The third kappa shape index (κ3) is 4.49. The first-order chi connectivity index (χ1) is 11.3. The second-order valence-corrected chi connectivity index (χ2v) is 7.54. The van der Waals surface area contributed by atoms with E-state index in [1.807, 2.05) is 24.3 Å². The molecule has 0 amide bonds. The van der Waals surface area contributed by atoms with Gasteiger partial charge in [-0.25, -0.2) is 0 Å². The van der Waals surface area contributed by atoms with E-state index in [0.29, 0.717) is 10.9 Å². The van der Waals surface area contributed by atoms with Crippen LogP contribution in [0.15, 0.2) is 52.5 Å². The number of nitrogens with one attached hydrogen (secondary N) is 1.